The van der Waals surface area contributed by atoms with Crippen LogP contribution in [0.25, 0.3) is 11.0 Å². The summed E-state index contributed by atoms with van der Waals surface area (Å²) in [5.74, 6) is 0.642. The number of alkyl halides is 3. The maximum Gasteiger partial charge on any atom is 0.416 e. The van der Waals surface area contributed by atoms with Gasteiger partial charge in [-0.25, -0.2) is 4.98 Å². The number of hydrogen-bond acceptors (Lipinski definition) is 4. The van der Waals surface area contributed by atoms with Gasteiger partial charge in [-0.15, -0.1) is 0 Å². The molecule has 4 aromatic rings. The minimum Gasteiger partial charge on any atom is -0.467 e. The third-order valence-electron chi connectivity index (χ3n) is 5.36. The second kappa shape index (κ2) is 7.30. The topological polar surface area (TPSA) is 72.1 Å². The molecule has 0 spiro atoms. The van der Waals surface area contributed by atoms with Crippen LogP contribution in [0.4, 0.5) is 24.8 Å². The van der Waals surface area contributed by atoms with Crippen LogP contribution in [0.1, 0.15) is 24.3 Å². The van der Waals surface area contributed by atoms with E-state index in [1.807, 2.05) is 28.8 Å². The molecule has 2 N–H and O–H groups in total. The summed E-state index contributed by atoms with van der Waals surface area (Å²) in [6.07, 6.45) is -2.92. The fourth-order valence-corrected chi connectivity index (χ4v) is 3.92. The number of para-hydroxylation sites is 2. The largest absolute Gasteiger partial charge is 0.467 e. The Kier molecular flexibility index (Phi) is 4.54. The van der Waals surface area contributed by atoms with Crippen LogP contribution >= 0.6 is 0 Å². The van der Waals surface area contributed by atoms with Gasteiger partial charge >= 0.3 is 6.18 Å². The van der Waals surface area contributed by atoms with E-state index < -0.39 is 23.7 Å². The number of rotatable bonds is 3. The number of amides is 1. The molecule has 1 aliphatic heterocycles. The molecule has 9 heteroatoms. The number of carbonyl (C=O) groups is 1. The molecule has 1 amide bonds. The quantitative estimate of drug-likeness (QED) is 0.438. The van der Waals surface area contributed by atoms with Crippen LogP contribution in [0.3, 0.4) is 0 Å². The van der Waals surface area contributed by atoms with E-state index >= 15 is 0 Å². The molecule has 0 saturated carbocycles. The van der Waals surface area contributed by atoms with Crippen LogP contribution in [-0.4, -0.2) is 15.5 Å². The number of aromatic nitrogens is 2. The lowest BCUT2D eigenvalue weighted by Crippen LogP contribution is -2.30. The summed E-state index contributed by atoms with van der Waals surface area (Å²) in [4.78, 5) is 17.9. The molecule has 2 aromatic carbocycles. The third kappa shape index (κ3) is 3.31. The number of allylic oxidation sites excluding steroid dienone is 1. The molecule has 1 unspecified atom stereocenters. The molecule has 0 fully saturated rings. The molecule has 5 rings (SSSR count). The highest BCUT2D eigenvalue weighted by Crippen LogP contribution is 2.39. The minimum atomic E-state index is -4.45. The normalized spacial score (nSPS) is 16.1. The molecular formula is C23H17F3N4O2. The van der Waals surface area contributed by atoms with Gasteiger partial charge in [0.1, 0.15) is 11.8 Å². The first-order valence-corrected chi connectivity index (χ1v) is 9.79. The standard InChI is InChI=1S/C23H17F3N4O2/c1-13-19(21(31)28-15-10-8-14(9-11-15)23(24,25)26)20(18-7-4-12-32-18)30-17-6-3-2-5-16(17)29-22(30)27-13/h2-12,20H,1H3,(H,27,29)(H,28,31). The number of furan rings is 1. The van der Waals surface area contributed by atoms with Crippen LogP contribution < -0.4 is 10.6 Å². The zero-order valence-corrected chi connectivity index (χ0v) is 16.8. The second-order valence-corrected chi connectivity index (χ2v) is 7.40. The van der Waals surface area contributed by atoms with E-state index in [1.54, 1.807) is 19.1 Å². The first-order valence-electron chi connectivity index (χ1n) is 9.79. The van der Waals surface area contributed by atoms with Crippen molar-refractivity contribution in [2.24, 2.45) is 0 Å². The average molecular weight is 438 g/mol. The number of nitrogens with one attached hydrogen (secondary N) is 2. The minimum absolute atomic E-state index is 0.253. The van der Waals surface area contributed by atoms with E-state index in [0.29, 0.717) is 23.0 Å². The van der Waals surface area contributed by atoms with Gasteiger partial charge in [0.05, 0.1) is 28.4 Å². The Morgan fingerprint density at radius 1 is 1.09 bits per heavy atom. The zero-order chi connectivity index (χ0) is 22.5. The van der Waals surface area contributed by atoms with E-state index in [4.69, 9.17) is 4.42 Å². The molecule has 0 saturated heterocycles. The molecule has 0 radical (unpaired) electrons. The van der Waals surface area contributed by atoms with Crippen molar-refractivity contribution in [3.63, 3.8) is 0 Å². The maximum atomic E-state index is 13.3. The molecular weight excluding hydrogens is 421 g/mol. The number of nitrogens with zero attached hydrogens (tertiary/aromatic N) is 2. The van der Waals surface area contributed by atoms with Gasteiger partial charge in [-0.05, 0) is 55.5 Å². The Morgan fingerprint density at radius 3 is 2.53 bits per heavy atom. The smallest absolute Gasteiger partial charge is 0.416 e. The average Bonchev–Trinajstić information content (AvgIpc) is 3.40. The highest BCUT2D eigenvalue weighted by atomic mass is 19.4. The van der Waals surface area contributed by atoms with Gasteiger partial charge in [-0.2, -0.15) is 13.2 Å². The second-order valence-electron chi connectivity index (χ2n) is 7.40. The number of benzene rings is 2. The van der Waals surface area contributed by atoms with Gasteiger partial charge in [0.15, 0.2) is 0 Å². The van der Waals surface area contributed by atoms with E-state index in [2.05, 4.69) is 15.6 Å². The van der Waals surface area contributed by atoms with Crippen LogP contribution in [-0.2, 0) is 11.0 Å². The first-order chi connectivity index (χ1) is 15.3. The lowest BCUT2D eigenvalue weighted by atomic mass is 9.99. The highest BCUT2D eigenvalue weighted by molar-refractivity contribution is 6.06. The van der Waals surface area contributed by atoms with Crippen LogP contribution in [0.15, 0.2) is 82.6 Å². The fraction of sp³-hybridized carbons (Fsp3) is 0.130. The number of halogens is 3. The van der Waals surface area contributed by atoms with Gasteiger partial charge < -0.3 is 15.1 Å². The van der Waals surface area contributed by atoms with Crippen molar-refractivity contribution >= 4 is 28.6 Å². The molecule has 0 aliphatic carbocycles. The van der Waals surface area contributed by atoms with Gasteiger partial charge in [-0.3, -0.25) is 9.36 Å². The van der Waals surface area contributed by atoms with Crippen molar-refractivity contribution < 1.29 is 22.4 Å². The van der Waals surface area contributed by atoms with Crippen LogP contribution in [0, 0.1) is 0 Å². The predicted octanol–water partition coefficient (Wildman–Crippen LogP) is 5.58. The van der Waals surface area contributed by atoms with Gasteiger partial charge in [-0.1, -0.05) is 12.1 Å². The predicted molar refractivity (Wildman–Crippen MR) is 113 cm³/mol. The Hall–Kier alpha value is -4.01. The lowest BCUT2D eigenvalue weighted by Gasteiger charge is -2.29. The van der Waals surface area contributed by atoms with Crippen LogP contribution in [0.5, 0.6) is 0 Å². The number of carbonyl (C=O) groups excluding carboxylic acids is 1. The molecule has 1 atom stereocenters. The van der Waals surface area contributed by atoms with Crippen molar-refractivity contribution in [1.29, 1.82) is 0 Å². The van der Waals surface area contributed by atoms with Crippen molar-refractivity contribution in [2.75, 3.05) is 10.6 Å². The number of hydrogen-bond donors (Lipinski definition) is 2. The monoisotopic (exact) mass is 438 g/mol. The summed E-state index contributed by atoms with van der Waals surface area (Å²) in [5.41, 5.74) is 1.97. The van der Waals surface area contributed by atoms with E-state index in [0.717, 1.165) is 23.2 Å². The Balaban J connectivity index is 1.55. The van der Waals surface area contributed by atoms with Gasteiger partial charge in [0.2, 0.25) is 5.95 Å². The fourth-order valence-electron chi connectivity index (χ4n) is 3.92. The third-order valence-corrected chi connectivity index (χ3v) is 5.36. The Bertz CT molecular complexity index is 1340. The molecule has 2 aromatic heterocycles. The van der Waals surface area contributed by atoms with Crippen molar-refractivity contribution in [3.05, 3.63) is 89.5 Å². The summed E-state index contributed by atoms with van der Waals surface area (Å²) >= 11 is 0. The van der Waals surface area contributed by atoms with Crippen molar-refractivity contribution in [2.45, 2.75) is 19.1 Å². The SMILES string of the molecule is CC1=C(C(=O)Nc2ccc(C(F)(F)F)cc2)C(c2ccco2)n2c(nc3ccccc32)N1. The van der Waals surface area contributed by atoms with Crippen LogP contribution in [0.2, 0.25) is 0 Å². The van der Waals surface area contributed by atoms with Gasteiger partial charge in [0, 0.05) is 11.4 Å². The maximum absolute atomic E-state index is 13.3. The Morgan fingerprint density at radius 2 is 1.84 bits per heavy atom. The lowest BCUT2D eigenvalue weighted by molar-refractivity contribution is -0.137. The van der Waals surface area contributed by atoms with E-state index in [-0.39, 0.29) is 5.69 Å². The van der Waals surface area contributed by atoms with E-state index in [9.17, 15) is 18.0 Å². The summed E-state index contributed by atoms with van der Waals surface area (Å²) in [6.45, 7) is 1.75. The summed E-state index contributed by atoms with van der Waals surface area (Å²) in [7, 11) is 0. The molecule has 3 heterocycles. The zero-order valence-electron chi connectivity index (χ0n) is 16.8. The van der Waals surface area contributed by atoms with Crippen molar-refractivity contribution in [1.82, 2.24) is 9.55 Å². The first kappa shape index (κ1) is 19.9. The number of fused-ring (bicyclic) bond motifs is 3. The molecule has 32 heavy (non-hydrogen) atoms. The Labute approximate surface area is 180 Å². The molecule has 6 nitrogen and oxygen atoms in total. The van der Waals surface area contributed by atoms with Crippen molar-refractivity contribution in [3.8, 4) is 0 Å². The summed E-state index contributed by atoms with van der Waals surface area (Å²) in [5, 5.41) is 5.87. The van der Waals surface area contributed by atoms with E-state index in [1.165, 1.54) is 18.4 Å². The number of anilines is 2. The number of imidazole rings is 1. The molecule has 162 valence electrons. The summed E-state index contributed by atoms with van der Waals surface area (Å²) < 4.78 is 46.1. The summed E-state index contributed by atoms with van der Waals surface area (Å²) in [6, 6.07) is 14.7. The van der Waals surface area contributed by atoms with Gasteiger partial charge in [0.25, 0.3) is 5.91 Å². The molecule has 1 aliphatic rings. The highest BCUT2D eigenvalue weighted by Gasteiger charge is 2.36. The molecule has 0 bridgehead atoms.